The van der Waals surface area contributed by atoms with E-state index in [0.29, 0.717) is 11.5 Å². The molecule has 0 saturated heterocycles. The lowest BCUT2D eigenvalue weighted by molar-refractivity contribution is 0.292. The van der Waals surface area contributed by atoms with Crippen molar-refractivity contribution in [1.82, 2.24) is 5.32 Å². The molecule has 0 radical (unpaired) electrons. The SMILES string of the molecule is CCCNC(CSc1ccccc1Br)C(C)(C)C. The topological polar surface area (TPSA) is 12.0 Å². The summed E-state index contributed by atoms with van der Waals surface area (Å²) < 4.78 is 1.19. The maximum atomic E-state index is 3.66. The van der Waals surface area contributed by atoms with Gasteiger partial charge in [0.25, 0.3) is 0 Å². The molecule has 0 aliphatic rings. The Kier molecular flexibility index (Phi) is 6.75. The molecule has 18 heavy (non-hydrogen) atoms. The molecule has 0 amide bonds. The fraction of sp³-hybridized carbons (Fsp3) is 0.600. The van der Waals surface area contributed by atoms with Gasteiger partial charge in [0.1, 0.15) is 0 Å². The van der Waals surface area contributed by atoms with Gasteiger partial charge in [0.05, 0.1) is 0 Å². The quantitative estimate of drug-likeness (QED) is 0.740. The van der Waals surface area contributed by atoms with Gasteiger partial charge in [-0.1, -0.05) is 39.8 Å². The average molecular weight is 330 g/mol. The van der Waals surface area contributed by atoms with E-state index >= 15 is 0 Å². The molecule has 1 unspecified atom stereocenters. The van der Waals surface area contributed by atoms with Crippen LogP contribution in [0.1, 0.15) is 34.1 Å². The van der Waals surface area contributed by atoms with Crippen molar-refractivity contribution in [3.05, 3.63) is 28.7 Å². The number of rotatable bonds is 6. The largest absolute Gasteiger partial charge is 0.313 e. The zero-order valence-electron chi connectivity index (χ0n) is 11.8. The van der Waals surface area contributed by atoms with Crippen LogP contribution in [0.15, 0.2) is 33.6 Å². The number of thioether (sulfide) groups is 1. The molecule has 1 atom stereocenters. The van der Waals surface area contributed by atoms with Crippen LogP contribution in [0.2, 0.25) is 0 Å². The van der Waals surface area contributed by atoms with Gasteiger partial charge in [-0.3, -0.25) is 0 Å². The highest BCUT2D eigenvalue weighted by atomic mass is 79.9. The molecule has 0 fully saturated rings. The Labute approximate surface area is 124 Å². The number of benzene rings is 1. The van der Waals surface area contributed by atoms with Crippen LogP contribution in [0.5, 0.6) is 0 Å². The molecule has 0 bridgehead atoms. The summed E-state index contributed by atoms with van der Waals surface area (Å²) in [5.41, 5.74) is 0.295. The lowest BCUT2D eigenvalue weighted by Gasteiger charge is -2.31. The van der Waals surface area contributed by atoms with Crippen molar-refractivity contribution in [3.8, 4) is 0 Å². The zero-order valence-corrected chi connectivity index (χ0v) is 14.2. The summed E-state index contributed by atoms with van der Waals surface area (Å²) in [4.78, 5) is 1.32. The monoisotopic (exact) mass is 329 g/mol. The van der Waals surface area contributed by atoms with E-state index in [1.807, 2.05) is 11.8 Å². The minimum atomic E-state index is 0.295. The minimum Gasteiger partial charge on any atom is -0.313 e. The van der Waals surface area contributed by atoms with E-state index in [1.165, 1.54) is 15.8 Å². The summed E-state index contributed by atoms with van der Waals surface area (Å²) >= 11 is 5.53. The molecular formula is C15H24BrNS. The van der Waals surface area contributed by atoms with E-state index < -0.39 is 0 Å². The number of hydrogen-bond acceptors (Lipinski definition) is 2. The van der Waals surface area contributed by atoms with Crippen molar-refractivity contribution >= 4 is 27.7 Å². The fourth-order valence-electron chi connectivity index (χ4n) is 1.67. The van der Waals surface area contributed by atoms with E-state index in [-0.39, 0.29) is 0 Å². The van der Waals surface area contributed by atoms with Crippen molar-refractivity contribution in [1.29, 1.82) is 0 Å². The summed E-state index contributed by atoms with van der Waals surface area (Å²) in [6.45, 7) is 10.2. The van der Waals surface area contributed by atoms with Crippen LogP contribution in [0.3, 0.4) is 0 Å². The molecule has 0 aliphatic carbocycles. The first-order valence-corrected chi connectivity index (χ1v) is 8.33. The third kappa shape index (κ3) is 5.33. The Bertz CT molecular complexity index is 360. The highest BCUT2D eigenvalue weighted by Gasteiger charge is 2.24. The molecule has 0 aromatic heterocycles. The Morgan fingerprint density at radius 1 is 1.28 bits per heavy atom. The zero-order chi connectivity index (χ0) is 13.6. The van der Waals surface area contributed by atoms with Crippen molar-refractivity contribution < 1.29 is 0 Å². The van der Waals surface area contributed by atoms with Crippen LogP contribution >= 0.6 is 27.7 Å². The van der Waals surface area contributed by atoms with Gasteiger partial charge in [0.2, 0.25) is 0 Å². The highest BCUT2D eigenvalue weighted by molar-refractivity contribution is 9.10. The first-order valence-electron chi connectivity index (χ1n) is 6.56. The second kappa shape index (κ2) is 7.56. The van der Waals surface area contributed by atoms with Crippen molar-refractivity contribution in [3.63, 3.8) is 0 Å². The van der Waals surface area contributed by atoms with E-state index in [0.717, 1.165) is 12.3 Å². The van der Waals surface area contributed by atoms with E-state index in [9.17, 15) is 0 Å². The minimum absolute atomic E-state index is 0.295. The van der Waals surface area contributed by atoms with Gasteiger partial charge in [0.15, 0.2) is 0 Å². The van der Waals surface area contributed by atoms with Crippen molar-refractivity contribution in [2.24, 2.45) is 5.41 Å². The molecule has 1 rings (SSSR count). The van der Waals surface area contributed by atoms with Gasteiger partial charge in [0, 0.05) is 21.2 Å². The smallest absolute Gasteiger partial charge is 0.0311 e. The molecule has 3 heteroatoms. The molecule has 0 spiro atoms. The average Bonchev–Trinajstić information content (AvgIpc) is 2.29. The third-order valence-corrected chi connectivity index (χ3v) is 5.05. The van der Waals surface area contributed by atoms with Gasteiger partial charge in [-0.05, 0) is 46.4 Å². The lowest BCUT2D eigenvalue weighted by atomic mass is 9.88. The van der Waals surface area contributed by atoms with Crippen LogP contribution < -0.4 is 5.32 Å². The molecule has 1 aromatic rings. The summed E-state index contributed by atoms with van der Waals surface area (Å²) in [7, 11) is 0. The van der Waals surface area contributed by atoms with Crippen LogP contribution in [0, 0.1) is 5.41 Å². The van der Waals surface area contributed by atoms with E-state index in [4.69, 9.17) is 0 Å². The molecular weight excluding hydrogens is 306 g/mol. The van der Waals surface area contributed by atoms with Crippen molar-refractivity contribution in [2.45, 2.75) is 45.1 Å². The Morgan fingerprint density at radius 3 is 2.50 bits per heavy atom. The maximum Gasteiger partial charge on any atom is 0.0311 e. The molecule has 0 heterocycles. The predicted molar refractivity (Wildman–Crippen MR) is 86.4 cm³/mol. The Balaban J connectivity index is 2.59. The van der Waals surface area contributed by atoms with E-state index in [1.54, 1.807) is 0 Å². The molecule has 1 N–H and O–H groups in total. The summed E-state index contributed by atoms with van der Waals surface area (Å²) in [6.07, 6.45) is 1.19. The molecule has 1 nitrogen and oxygen atoms in total. The molecule has 1 aromatic carbocycles. The number of nitrogens with one attached hydrogen (secondary N) is 1. The standard InChI is InChI=1S/C15H24BrNS/c1-5-10-17-14(15(2,3)4)11-18-13-9-7-6-8-12(13)16/h6-9,14,17H,5,10-11H2,1-4H3. The van der Waals surface area contributed by atoms with Gasteiger partial charge < -0.3 is 5.32 Å². The van der Waals surface area contributed by atoms with Crippen LogP contribution in [0.4, 0.5) is 0 Å². The molecule has 102 valence electrons. The maximum absolute atomic E-state index is 3.66. The van der Waals surface area contributed by atoms with E-state index in [2.05, 4.69) is 73.2 Å². The number of hydrogen-bond donors (Lipinski definition) is 1. The van der Waals surface area contributed by atoms with Gasteiger partial charge in [-0.25, -0.2) is 0 Å². The summed E-state index contributed by atoms with van der Waals surface area (Å²) in [5, 5.41) is 3.66. The second-order valence-corrected chi connectivity index (χ2v) is 7.53. The van der Waals surface area contributed by atoms with Crippen LogP contribution in [-0.4, -0.2) is 18.3 Å². The second-order valence-electron chi connectivity index (χ2n) is 5.61. The summed E-state index contributed by atoms with van der Waals surface area (Å²) in [5.74, 6) is 1.10. The first-order chi connectivity index (χ1) is 8.45. The lowest BCUT2D eigenvalue weighted by Crippen LogP contribution is -2.42. The molecule has 0 aliphatic heterocycles. The Hall–Kier alpha value is 0.01000. The van der Waals surface area contributed by atoms with Crippen molar-refractivity contribution in [2.75, 3.05) is 12.3 Å². The Morgan fingerprint density at radius 2 is 1.94 bits per heavy atom. The summed E-state index contributed by atoms with van der Waals surface area (Å²) in [6, 6.07) is 8.97. The van der Waals surface area contributed by atoms with Crippen LogP contribution in [-0.2, 0) is 0 Å². The third-order valence-electron chi connectivity index (χ3n) is 2.93. The van der Waals surface area contributed by atoms with Gasteiger partial charge in [-0.15, -0.1) is 11.8 Å². The fourth-order valence-corrected chi connectivity index (χ4v) is 3.64. The van der Waals surface area contributed by atoms with Gasteiger partial charge >= 0.3 is 0 Å². The highest BCUT2D eigenvalue weighted by Crippen LogP contribution is 2.30. The normalized spacial score (nSPS) is 13.6. The number of halogens is 1. The first kappa shape index (κ1) is 16.1. The predicted octanol–water partition coefficient (Wildman–Crippen LogP) is 4.96. The van der Waals surface area contributed by atoms with Crippen LogP contribution in [0.25, 0.3) is 0 Å². The van der Waals surface area contributed by atoms with Gasteiger partial charge in [-0.2, -0.15) is 0 Å². The molecule has 0 saturated carbocycles.